The average Bonchev–Trinajstić information content (AvgIpc) is 2.53. The van der Waals surface area contributed by atoms with Gasteiger partial charge in [-0.25, -0.2) is 8.42 Å². The SMILES string of the molecule is CCNC(=O)[C@@H](C)OC(=O)CNS(=O)(=O)c1ccc(C(C)=O)cc1. The average molecular weight is 356 g/mol. The van der Waals surface area contributed by atoms with Crippen LogP contribution < -0.4 is 10.0 Å². The number of carbonyl (C=O) groups excluding carboxylic acids is 3. The molecule has 0 spiro atoms. The van der Waals surface area contributed by atoms with Crippen LogP contribution in [-0.2, 0) is 24.3 Å². The standard InChI is InChI=1S/C15H20N2O6S/c1-4-16-15(20)11(3)23-14(19)9-17-24(21,22)13-7-5-12(6-8-13)10(2)18/h5-8,11,17H,4,9H2,1-3H3,(H,16,20)/t11-/m1/s1. The number of benzene rings is 1. The second-order valence-electron chi connectivity index (χ2n) is 4.93. The van der Waals surface area contributed by atoms with Gasteiger partial charge in [-0.3, -0.25) is 14.4 Å². The lowest BCUT2D eigenvalue weighted by Gasteiger charge is -2.13. The Kier molecular flexibility index (Phi) is 7.05. The first-order valence-corrected chi connectivity index (χ1v) is 8.73. The van der Waals surface area contributed by atoms with Gasteiger partial charge in [-0.1, -0.05) is 12.1 Å². The third-order valence-electron chi connectivity index (χ3n) is 3.01. The molecule has 0 aliphatic heterocycles. The number of ketones is 1. The van der Waals surface area contributed by atoms with Gasteiger partial charge in [-0.15, -0.1) is 0 Å². The minimum atomic E-state index is -3.93. The van der Waals surface area contributed by atoms with E-state index in [9.17, 15) is 22.8 Å². The molecule has 0 unspecified atom stereocenters. The summed E-state index contributed by atoms with van der Waals surface area (Å²) in [7, 11) is -3.93. The molecular weight excluding hydrogens is 336 g/mol. The molecule has 1 rings (SSSR count). The Hall–Kier alpha value is -2.26. The summed E-state index contributed by atoms with van der Waals surface area (Å²) in [6, 6.07) is 5.29. The maximum atomic E-state index is 12.1. The van der Waals surface area contributed by atoms with E-state index < -0.39 is 34.5 Å². The van der Waals surface area contributed by atoms with Crippen LogP contribution in [0.4, 0.5) is 0 Å². The van der Waals surface area contributed by atoms with Crippen molar-refractivity contribution in [2.75, 3.05) is 13.1 Å². The van der Waals surface area contributed by atoms with Crippen molar-refractivity contribution in [2.45, 2.75) is 31.8 Å². The summed E-state index contributed by atoms with van der Waals surface area (Å²) >= 11 is 0. The largest absolute Gasteiger partial charge is 0.452 e. The Morgan fingerprint density at radius 3 is 2.25 bits per heavy atom. The van der Waals surface area contributed by atoms with E-state index in [1.807, 2.05) is 0 Å². The van der Waals surface area contributed by atoms with Crippen molar-refractivity contribution in [1.82, 2.24) is 10.0 Å². The number of carbonyl (C=O) groups is 3. The fraction of sp³-hybridized carbons (Fsp3) is 0.400. The summed E-state index contributed by atoms with van der Waals surface area (Å²) in [5.74, 6) is -1.53. The van der Waals surface area contributed by atoms with Gasteiger partial charge in [0.25, 0.3) is 5.91 Å². The van der Waals surface area contributed by atoms with Crippen LogP contribution in [-0.4, -0.2) is 45.3 Å². The second-order valence-corrected chi connectivity index (χ2v) is 6.70. The first kappa shape index (κ1) is 19.8. The number of likely N-dealkylation sites (N-methyl/N-ethyl adjacent to an activating group) is 1. The molecule has 24 heavy (non-hydrogen) atoms. The first-order valence-electron chi connectivity index (χ1n) is 7.25. The molecule has 0 aliphatic rings. The van der Waals surface area contributed by atoms with E-state index in [2.05, 4.69) is 10.0 Å². The van der Waals surface area contributed by atoms with Gasteiger partial charge >= 0.3 is 5.97 Å². The van der Waals surface area contributed by atoms with Gasteiger partial charge in [-0.2, -0.15) is 4.72 Å². The quantitative estimate of drug-likeness (QED) is 0.509. The lowest BCUT2D eigenvalue weighted by Crippen LogP contribution is -2.38. The molecular formula is C15H20N2O6S. The number of Topliss-reactive ketones (excluding diaryl/α,β-unsaturated/α-hetero) is 1. The topological polar surface area (TPSA) is 119 Å². The molecule has 0 saturated carbocycles. The summed E-state index contributed by atoms with van der Waals surface area (Å²) in [5.41, 5.74) is 0.379. The van der Waals surface area contributed by atoms with Gasteiger partial charge in [-0.05, 0) is 32.9 Å². The zero-order valence-corrected chi connectivity index (χ0v) is 14.5. The lowest BCUT2D eigenvalue weighted by molar-refractivity contribution is -0.153. The molecule has 0 saturated heterocycles. The predicted molar refractivity (Wildman–Crippen MR) is 85.9 cm³/mol. The molecule has 0 bridgehead atoms. The molecule has 1 amide bonds. The van der Waals surface area contributed by atoms with Crippen molar-refractivity contribution in [2.24, 2.45) is 0 Å². The molecule has 1 aromatic rings. The van der Waals surface area contributed by atoms with E-state index in [1.165, 1.54) is 38.1 Å². The third kappa shape index (κ3) is 5.74. The van der Waals surface area contributed by atoms with E-state index in [1.54, 1.807) is 6.92 Å². The minimum Gasteiger partial charge on any atom is -0.452 e. The van der Waals surface area contributed by atoms with Gasteiger partial charge < -0.3 is 10.1 Å². The highest BCUT2D eigenvalue weighted by Crippen LogP contribution is 2.10. The summed E-state index contributed by atoms with van der Waals surface area (Å²) < 4.78 is 31.0. The van der Waals surface area contributed by atoms with Gasteiger partial charge in [0.05, 0.1) is 4.90 Å². The molecule has 132 valence electrons. The van der Waals surface area contributed by atoms with Crippen molar-refractivity contribution in [3.63, 3.8) is 0 Å². The van der Waals surface area contributed by atoms with Crippen molar-refractivity contribution < 1.29 is 27.5 Å². The number of sulfonamides is 1. The monoisotopic (exact) mass is 356 g/mol. The van der Waals surface area contributed by atoms with Crippen LogP contribution in [0, 0.1) is 0 Å². The van der Waals surface area contributed by atoms with E-state index in [-0.39, 0.29) is 10.7 Å². The van der Waals surface area contributed by atoms with Gasteiger partial charge in [0, 0.05) is 12.1 Å². The highest BCUT2D eigenvalue weighted by molar-refractivity contribution is 7.89. The van der Waals surface area contributed by atoms with E-state index in [0.717, 1.165) is 0 Å². The molecule has 1 atom stereocenters. The summed E-state index contributed by atoms with van der Waals surface area (Å²) in [6.07, 6.45) is -1.02. The molecule has 0 fully saturated rings. The van der Waals surface area contributed by atoms with Crippen molar-refractivity contribution >= 4 is 27.7 Å². The van der Waals surface area contributed by atoms with Crippen LogP contribution >= 0.6 is 0 Å². The highest BCUT2D eigenvalue weighted by Gasteiger charge is 2.20. The molecule has 9 heteroatoms. The molecule has 2 N–H and O–H groups in total. The number of rotatable bonds is 8. The summed E-state index contributed by atoms with van der Waals surface area (Å²) in [4.78, 5) is 34.1. The predicted octanol–water partition coefficient (Wildman–Crippen LogP) is 0.235. The number of nitrogens with one attached hydrogen (secondary N) is 2. The lowest BCUT2D eigenvalue weighted by atomic mass is 10.2. The van der Waals surface area contributed by atoms with Crippen molar-refractivity contribution in [3.05, 3.63) is 29.8 Å². The minimum absolute atomic E-state index is 0.0860. The summed E-state index contributed by atoms with van der Waals surface area (Å²) in [5, 5.41) is 2.48. The van der Waals surface area contributed by atoms with E-state index in [4.69, 9.17) is 4.74 Å². The fourth-order valence-electron chi connectivity index (χ4n) is 1.72. The summed E-state index contributed by atoms with van der Waals surface area (Å²) in [6.45, 7) is 4.26. The van der Waals surface area contributed by atoms with Gasteiger partial charge in [0.1, 0.15) is 6.54 Å². The molecule has 0 aromatic heterocycles. The Labute approximate surface area is 140 Å². The normalized spacial score (nSPS) is 12.3. The Morgan fingerprint density at radius 1 is 1.17 bits per heavy atom. The van der Waals surface area contributed by atoms with E-state index >= 15 is 0 Å². The first-order chi connectivity index (χ1) is 11.2. The Bertz CT molecular complexity index is 712. The van der Waals surface area contributed by atoms with Crippen LogP contribution in [0.1, 0.15) is 31.1 Å². The molecule has 0 radical (unpaired) electrons. The maximum Gasteiger partial charge on any atom is 0.321 e. The van der Waals surface area contributed by atoms with Crippen LogP contribution in [0.15, 0.2) is 29.2 Å². The zero-order valence-electron chi connectivity index (χ0n) is 13.7. The number of esters is 1. The van der Waals surface area contributed by atoms with Crippen LogP contribution in [0.25, 0.3) is 0 Å². The maximum absolute atomic E-state index is 12.1. The number of hydrogen-bond acceptors (Lipinski definition) is 6. The molecule has 1 aromatic carbocycles. The highest BCUT2D eigenvalue weighted by atomic mass is 32.2. The van der Waals surface area contributed by atoms with Crippen molar-refractivity contribution in [3.8, 4) is 0 Å². The van der Waals surface area contributed by atoms with Crippen LogP contribution in [0.2, 0.25) is 0 Å². The Balaban J connectivity index is 2.63. The number of hydrogen-bond donors (Lipinski definition) is 2. The van der Waals surface area contributed by atoms with Crippen LogP contribution in [0.3, 0.4) is 0 Å². The smallest absolute Gasteiger partial charge is 0.321 e. The number of amides is 1. The molecule has 0 aliphatic carbocycles. The third-order valence-corrected chi connectivity index (χ3v) is 4.42. The molecule has 8 nitrogen and oxygen atoms in total. The van der Waals surface area contributed by atoms with Crippen molar-refractivity contribution in [1.29, 1.82) is 0 Å². The molecule has 0 heterocycles. The Morgan fingerprint density at radius 2 is 1.75 bits per heavy atom. The number of ether oxygens (including phenoxy) is 1. The second kappa shape index (κ2) is 8.55. The zero-order chi connectivity index (χ0) is 18.3. The van der Waals surface area contributed by atoms with E-state index in [0.29, 0.717) is 12.1 Å². The van der Waals surface area contributed by atoms with Gasteiger partial charge in [0.15, 0.2) is 11.9 Å². The van der Waals surface area contributed by atoms with Gasteiger partial charge in [0.2, 0.25) is 10.0 Å². The fourth-order valence-corrected chi connectivity index (χ4v) is 2.69. The van der Waals surface area contributed by atoms with Crippen LogP contribution in [0.5, 0.6) is 0 Å².